The molecule has 8 nitrogen and oxygen atoms in total. The maximum atomic E-state index is 12.1. The van der Waals surface area contributed by atoms with Crippen LogP contribution in [0.1, 0.15) is 28.7 Å². The van der Waals surface area contributed by atoms with Gasteiger partial charge in [0.05, 0.1) is 24.4 Å². The van der Waals surface area contributed by atoms with Crippen LogP contribution in [0.25, 0.3) is 22.3 Å². The molecular weight excluding hydrogens is 368 g/mol. The third-order valence-corrected chi connectivity index (χ3v) is 4.76. The van der Waals surface area contributed by atoms with Gasteiger partial charge in [0.25, 0.3) is 5.91 Å². The van der Waals surface area contributed by atoms with Crippen LogP contribution in [-0.4, -0.2) is 44.5 Å². The number of ether oxygens (including phenoxy) is 1. The molecule has 0 radical (unpaired) electrons. The predicted octanol–water partition coefficient (Wildman–Crippen LogP) is 2.71. The molecule has 8 heteroatoms. The maximum Gasteiger partial charge on any atom is 0.251 e. The van der Waals surface area contributed by atoms with Gasteiger partial charge in [0.1, 0.15) is 11.6 Å². The van der Waals surface area contributed by atoms with Crippen molar-refractivity contribution in [3.05, 3.63) is 59.5 Å². The summed E-state index contributed by atoms with van der Waals surface area (Å²) in [6, 6.07) is 11.4. The van der Waals surface area contributed by atoms with E-state index in [4.69, 9.17) is 9.72 Å². The number of amides is 1. The summed E-state index contributed by atoms with van der Waals surface area (Å²) in [5.74, 6) is 1.82. The van der Waals surface area contributed by atoms with Gasteiger partial charge in [-0.05, 0) is 42.8 Å². The molecule has 0 atom stereocenters. The number of nitrogens with zero attached hydrogens (tertiary/aromatic N) is 4. The number of aromatic nitrogens is 5. The quantitative estimate of drug-likeness (QED) is 0.528. The minimum Gasteiger partial charge on any atom is -0.496 e. The van der Waals surface area contributed by atoms with E-state index in [0.29, 0.717) is 30.1 Å². The Labute approximate surface area is 167 Å². The fourth-order valence-corrected chi connectivity index (χ4v) is 3.25. The van der Waals surface area contributed by atoms with Gasteiger partial charge in [-0.25, -0.2) is 4.98 Å². The van der Waals surface area contributed by atoms with Crippen LogP contribution in [0.15, 0.2) is 42.6 Å². The lowest BCUT2D eigenvalue weighted by molar-refractivity contribution is 0.0955. The summed E-state index contributed by atoms with van der Waals surface area (Å²) in [6.45, 7) is 2.45. The van der Waals surface area contributed by atoms with Gasteiger partial charge in [-0.2, -0.15) is 10.2 Å². The molecule has 0 aliphatic rings. The highest BCUT2D eigenvalue weighted by molar-refractivity contribution is 5.95. The number of carbonyl (C=O) groups excluding carboxylic acids is 1. The van der Waals surface area contributed by atoms with Crippen molar-refractivity contribution < 1.29 is 9.53 Å². The number of benzene rings is 2. The van der Waals surface area contributed by atoms with Crippen LogP contribution in [-0.2, 0) is 13.5 Å². The van der Waals surface area contributed by atoms with Gasteiger partial charge in [0.2, 0.25) is 0 Å². The van der Waals surface area contributed by atoms with E-state index in [0.717, 1.165) is 27.9 Å². The Kier molecular flexibility index (Phi) is 4.99. The van der Waals surface area contributed by atoms with E-state index in [1.165, 1.54) is 0 Å². The molecule has 1 amide bonds. The van der Waals surface area contributed by atoms with Crippen molar-refractivity contribution in [2.24, 2.45) is 7.05 Å². The molecule has 0 spiro atoms. The van der Waals surface area contributed by atoms with Gasteiger partial charge in [0, 0.05) is 31.0 Å². The van der Waals surface area contributed by atoms with E-state index in [-0.39, 0.29) is 5.91 Å². The van der Waals surface area contributed by atoms with Gasteiger partial charge < -0.3 is 10.1 Å². The molecule has 0 saturated heterocycles. The highest BCUT2D eigenvalue weighted by Gasteiger charge is 2.16. The summed E-state index contributed by atoms with van der Waals surface area (Å²) in [5.41, 5.74) is 3.41. The summed E-state index contributed by atoms with van der Waals surface area (Å²) in [6.07, 6.45) is 2.45. The molecule has 0 bridgehead atoms. The first-order valence-electron chi connectivity index (χ1n) is 9.37. The number of aromatic amines is 1. The minimum atomic E-state index is -0.137. The molecule has 2 N–H and O–H groups in total. The summed E-state index contributed by atoms with van der Waals surface area (Å²) < 4.78 is 7.27. The molecule has 2 aromatic carbocycles. The highest BCUT2D eigenvalue weighted by Crippen LogP contribution is 2.29. The molecule has 0 aliphatic heterocycles. The monoisotopic (exact) mass is 390 g/mol. The van der Waals surface area contributed by atoms with E-state index in [2.05, 4.69) is 32.7 Å². The third kappa shape index (κ3) is 3.69. The van der Waals surface area contributed by atoms with Crippen LogP contribution >= 0.6 is 0 Å². The molecule has 0 aliphatic carbocycles. The average Bonchev–Trinajstić information content (AvgIpc) is 3.34. The summed E-state index contributed by atoms with van der Waals surface area (Å²) in [7, 11) is 3.45. The third-order valence-electron chi connectivity index (χ3n) is 4.76. The van der Waals surface area contributed by atoms with Crippen molar-refractivity contribution in [3.8, 4) is 17.1 Å². The molecule has 148 valence electrons. The molecule has 0 fully saturated rings. The summed E-state index contributed by atoms with van der Waals surface area (Å²) in [4.78, 5) is 16.8. The number of hydrogen-bond donors (Lipinski definition) is 2. The zero-order chi connectivity index (χ0) is 20.4. The molecule has 0 saturated carbocycles. The Hall–Kier alpha value is -3.68. The Morgan fingerprint density at radius 3 is 2.90 bits per heavy atom. The number of methoxy groups -OCH3 is 1. The maximum absolute atomic E-state index is 12.1. The van der Waals surface area contributed by atoms with Gasteiger partial charge in [-0.15, -0.1) is 0 Å². The van der Waals surface area contributed by atoms with Crippen LogP contribution in [0.4, 0.5) is 0 Å². The second-order valence-corrected chi connectivity index (χ2v) is 6.72. The topological polar surface area (TPSA) is 97.7 Å². The van der Waals surface area contributed by atoms with Crippen LogP contribution in [0, 0.1) is 0 Å². The standard InChI is InChI=1S/C21H22N6O2/c1-4-22-21(28)14-6-7-16(18(11-14)29-3)20-24-19(27(2)26-20)10-13-5-8-17-15(9-13)12-23-25-17/h5-9,11-12H,4,10H2,1-3H3,(H,22,28)(H,23,25). The Balaban J connectivity index is 1.63. The Morgan fingerprint density at radius 1 is 1.24 bits per heavy atom. The summed E-state index contributed by atoms with van der Waals surface area (Å²) >= 11 is 0. The van der Waals surface area contributed by atoms with Crippen LogP contribution in [0.3, 0.4) is 0 Å². The van der Waals surface area contributed by atoms with Crippen molar-refractivity contribution in [1.82, 2.24) is 30.3 Å². The lowest BCUT2D eigenvalue weighted by atomic mass is 10.1. The number of rotatable bonds is 6. The van der Waals surface area contributed by atoms with E-state index >= 15 is 0 Å². The van der Waals surface area contributed by atoms with Gasteiger partial charge >= 0.3 is 0 Å². The average molecular weight is 390 g/mol. The first kappa shape index (κ1) is 18.7. The van der Waals surface area contributed by atoms with Gasteiger partial charge in [-0.3, -0.25) is 14.6 Å². The number of hydrogen-bond acceptors (Lipinski definition) is 5. The number of aryl methyl sites for hydroxylation is 1. The number of carbonyl (C=O) groups is 1. The molecule has 0 unspecified atom stereocenters. The SMILES string of the molecule is CCNC(=O)c1ccc(-c2nc(Cc3ccc4[nH]ncc4c3)n(C)n2)c(OC)c1. The van der Waals surface area contributed by atoms with Crippen LogP contribution in [0.2, 0.25) is 0 Å². The first-order chi connectivity index (χ1) is 14.1. The van der Waals surface area contributed by atoms with Crippen LogP contribution < -0.4 is 10.1 Å². The zero-order valence-corrected chi connectivity index (χ0v) is 16.6. The normalized spacial score (nSPS) is 11.0. The lowest BCUT2D eigenvalue weighted by Crippen LogP contribution is -2.22. The number of fused-ring (bicyclic) bond motifs is 1. The molecule has 2 aromatic heterocycles. The molecule has 4 aromatic rings. The molecular formula is C21H22N6O2. The molecule has 4 rings (SSSR count). The second-order valence-electron chi connectivity index (χ2n) is 6.72. The molecule has 2 heterocycles. The van der Waals surface area contributed by atoms with E-state index in [1.807, 2.05) is 32.3 Å². The van der Waals surface area contributed by atoms with Crippen molar-refractivity contribution in [1.29, 1.82) is 0 Å². The van der Waals surface area contributed by atoms with Gasteiger partial charge in [0.15, 0.2) is 5.82 Å². The Bertz CT molecular complexity index is 1180. The van der Waals surface area contributed by atoms with Crippen LogP contribution in [0.5, 0.6) is 5.75 Å². The summed E-state index contributed by atoms with van der Waals surface area (Å²) in [5, 5.41) is 15.4. The fraction of sp³-hybridized carbons (Fsp3) is 0.238. The molecule has 29 heavy (non-hydrogen) atoms. The van der Waals surface area contributed by atoms with Crippen molar-refractivity contribution in [3.63, 3.8) is 0 Å². The second kappa shape index (κ2) is 7.75. The van der Waals surface area contributed by atoms with E-state index < -0.39 is 0 Å². The van der Waals surface area contributed by atoms with Gasteiger partial charge in [-0.1, -0.05) is 6.07 Å². The number of nitrogens with one attached hydrogen (secondary N) is 2. The largest absolute Gasteiger partial charge is 0.496 e. The minimum absolute atomic E-state index is 0.137. The van der Waals surface area contributed by atoms with E-state index in [1.54, 1.807) is 23.9 Å². The smallest absolute Gasteiger partial charge is 0.251 e. The Morgan fingerprint density at radius 2 is 2.10 bits per heavy atom. The predicted molar refractivity (Wildman–Crippen MR) is 110 cm³/mol. The zero-order valence-electron chi connectivity index (χ0n) is 16.6. The van der Waals surface area contributed by atoms with Crippen molar-refractivity contribution >= 4 is 16.8 Å². The fourth-order valence-electron chi connectivity index (χ4n) is 3.25. The number of H-pyrrole nitrogens is 1. The van der Waals surface area contributed by atoms with E-state index in [9.17, 15) is 4.79 Å². The lowest BCUT2D eigenvalue weighted by Gasteiger charge is -2.08. The first-order valence-corrected chi connectivity index (χ1v) is 9.37. The van der Waals surface area contributed by atoms with Crippen molar-refractivity contribution in [2.75, 3.05) is 13.7 Å². The van der Waals surface area contributed by atoms with Crippen molar-refractivity contribution in [2.45, 2.75) is 13.3 Å². The highest BCUT2D eigenvalue weighted by atomic mass is 16.5.